The van der Waals surface area contributed by atoms with Crippen LogP contribution in [0.3, 0.4) is 0 Å². The molecule has 10 heteroatoms. The predicted molar refractivity (Wildman–Crippen MR) is 99.9 cm³/mol. The summed E-state index contributed by atoms with van der Waals surface area (Å²) in [7, 11) is 1.96. The van der Waals surface area contributed by atoms with Gasteiger partial charge in [-0.3, -0.25) is 4.79 Å². The first kappa shape index (κ1) is 17.2. The lowest BCUT2D eigenvalue weighted by Crippen LogP contribution is -2.24. The minimum atomic E-state index is -4.41. The molecule has 0 spiro atoms. The Bertz CT molecular complexity index is 1180. The van der Waals surface area contributed by atoms with Gasteiger partial charge in [0, 0.05) is 16.1 Å². The molecule has 0 atom stereocenters. The van der Waals surface area contributed by atoms with Crippen LogP contribution in [0.5, 0.6) is 0 Å². The monoisotopic (exact) mass is 393 g/mol. The van der Waals surface area contributed by atoms with E-state index in [1.165, 1.54) is 33.4 Å². The molecule has 4 aromatic rings. The summed E-state index contributed by atoms with van der Waals surface area (Å²) in [5.74, 6) is 0. The van der Waals surface area contributed by atoms with Crippen molar-refractivity contribution < 1.29 is 13.2 Å². The lowest BCUT2D eigenvalue weighted by molar-refractivity contribution is -0.137. The molecule has 26 heavy (non-hydrogen) atoms. The van der Waals surface area contributed by atoms with Gasteiger partial charge in [-0.05, 0) is 24.5 Å². The summed E-state index contributed by atoms with van der Waals surface area (Å²) in [5.41, 5.74) is 0.153. The van der Waals surface area contributed by atoms with E-state index in [0.717, 1.165) is 23.2 Å². The average Bonchev–Trinajstić information content (AvgIpc) is 3.22. The molecule has 0 fully saturated rings. The second kappa shape index (κ2) is 6.20. The van der Waals surface area contributed by atoms with Crippen LogP contribution in [0, 0.1) is 0 Å². The van der Waals surface area contributed by atoms with Gasteiger partial charge in [-0.15, -0.1) is 11.3 Å². The van der Waals surface area contributed by atoms with Gasteiger partial charge in [0.05, 0.1) is 33.4 Å². The Labute approximate surface area is 154 Å². The molecule has 1 aromatic carbocycles. The van der Waals surface area contributed by atoms with Crippen molar-refractivity contribution >= 4 is 51.5 Å². The van der Waals surface area contributed by atoms with Gasteiger partial charge in [0.2, 0.25) is 0 Å². The van der Waals surface area contributed by atoms with Gasteiger partial charge in [0.25, 0.3) is 5.56 Å². The molecule has 0 saturated carbocycles. The van der Waals surface area contributed by atoms with Gasteiger partial charge < -0.3 is 0 Å². The third kappa shape index (κ3) is 2.92. The molecule has 0 aliphatic rings. The molecule has 0 amide bonds. The lowest BCUT2D eigenvalue weighted by atomic mass is 9.99. The van der Waals surface area contributed by atoms with Crippen molar-refractivity contribution in [3.63, 3.8) is 0 Å². The van der Waals surface area contributed by atoms with Crippen molar-refractivity contribution in [1.29, 1.82) is 0 Å². The molecule has 4 rings (SSSR count). The highest BCUT2D eigenvalue weighted by molar-refractivity contribution is 7.18. The van der Waals surface area contributed by atoms with Crippen molar-refractivity contribution in [3.05, 3.63) is 55.6 Å². The van der Waals surface area contributed by atoms with E-state index in [1.807, 2.05) is 13.2 Å². The molecular formula is C16H11BF3N3OS2. The first-order valence-electron chi connectivity index (χ1n) is 7.79. The van der Waals surface area contributed by atoms with Gasteiger partial charge in [0.15, 0.2) is 0 Å². The van der Waals surface area contributed by atoms with Crippen LogP contribution in [0.1, 0.15) is 16.3 Å². The molecule has 0 radical (unpaired) electrons. The van der Waals surface area contributed by atoms with Crippen molar-refractivity contribution in [2.24, 2.45) is 0 Å². The first-order chi connectivity index (χ1) is 12.4. The number of alkyl halides is 3. The predicted octanol–water partition coefficient (Wildman–Crippen LogP) is 3.27. The van der Waals surface area contributed by atoms with Gasteiger partial charge in [-0.2, -0.15) is 29.6 Å². The van der Waals surface area contributed by atoms with Crippen LogP contribution in [-0.4, -0.2) is 22.6 Å². The van der Waals surface area contributed by atoms with Gasteiger partial charge in [-0.25, -0.2) is 9.67 Å². The SMILES string of the molecule is BCc1nn(Cc2nc3cc(C(F)(F)F)ccc3s2)c(=O)c2cscc12. The van der Waals surface area contributed by atoms with Crippen molar-refractivity contribution in [2.45, 2.75) is 19.0 Å². The fraction of sp³-hybridized carbons (Fsp3) is 0.188. The quantitative estimate of drug-likeness (QED) is 0.502. The third-order valence-corrected chi connectivity index (χ3v) is 5.82. The molecular weight excluding hydrogens is 382 g/mol. The molecule has 0 aliphatic heterocycles. The largest absolute Gasteiger partial charge is 0.416 e. The molecule has 0 aliphatic carbocycles. The van der Waals surface area contributed by atoms with E-state index in [0.29, 0.717) is 21.4 Å². The molecule has 0 unspecified atom stereocenters. The normalized spacial score (nSPS) is 12.3. The Morgan fingerprint density at radius 3 is 2.69 bits per heavy atom. The van der Waals surface area contributed by atoms with E-state index in [1.54, 1.807) is 5.38 Å². The maximum atomic E-state index is 12.8. The molecule has 3 heterocycles. The smallest absolute Gasteiger partial charge is 0.267 e. The number of fused-ring (bicyclic) bond motifs is 2. The average molecular weight is 393 g/mol. The zero-order valence-corrected chi connectivity index (χ0v) is 15.1. The lowest BCUT2D eigenvalue weighted by Gasteiger charge is -2.06. The van der Waals surface area contributed by atoms with Crippen molar-refractivity contribution in [1.82, 2.24) is 14.8 Å². The number of hydrogen-bond acceptors (Lipinski definition) is 5. The summed E-state index contributed by atoms with van der Waals surface area (Å²) in [6.45, 7) is 0.137. The topological polar surface area (TPSA) is 47.8 Å². The highest BCUT2D eigenvalue weighted by Gasteiger charge is 2.30. The van der Waals surface area contributed by atoms with Gasteiger partial charge in [0.1, 0.15) is 12.9 Å². The van der Waals surface area contributed by atoms with Gasteiger partial charge >= 0.3 is 6.18 Å². The number of thiazole rings is 1. The van der Waals surface area contributed by atoms with Crippen LogP contribution >= 0.6 is 22.7 Å². The summed E-state index contributed by atoms with van der Waals surface area (Å²) in [6.07, 6.45) is -3.72. The van der Waals surface area contributed by atoms with E-state index >= 15 is 0 Å². The second-order valence-corrected chi connectivity index (χ2v) is 7.61. The Balaban J connectivity index is 1.77. The Kier molecular flexibility index (Phi) is 4.11. The zero-order chi connectivity index (χ0) is 18.5. The van der Waals surface area contributed by atoms with E-state index in [9.17, 15) is 18.0 Å². The fourth-order valence-corrected chi connectivity index (χ4v) is 4.55. The minimum absolute atomic E-state index is 0.137. The van der Waals surface area contributed by atoms with E-state index in [4.69, 9.17) is 0 Å². The number of thiophene rings is 1. The van der Waals surface area contributed by atoms with Crippen LogP contribution in [0.2, 0.25) is 0 Å². The number of aromatic nitrogens is 3. The molecule has 0 N–H and O–H groups in total. The summed E-state index contributed by atoms with van der Waals surface area (Å²) < 4.78 is 40.5. The van der Waals surface area contributed by atoms with Crippen molar-refractivity contribution in [3.8, 4) is 0 Å². The molecule has 0 saturated heterocycles. The third-order valence-electron chi connectivity index (χ3n) is 4.06. The van der Waals surface area contributed by atoms with Crippen LogP contribution in [-0.2, 0) is 19.0 Å². The van der Waals surface area contributed by atoms with Crippen LogP contribution < -0.4 is 5.56 Å². The summed E-state index contributed by atoms with van der Waals surface area (Å²) in [4.78, 5) is 16.9. The van der Waals surface area contributed by atoms with E-state index < -0.39 is 11.7 Å². The molecule has 4 nitrogen and oxygen atoms in total. The van der Waals surface area contributed by atoms with E-state index in [2.05, 4.69) is 10.1 Å². The maximum absolute atomic E-state index is 12.8. The Hall–Kier alpha value is -2.20. The Morgan fingerprint density at radius 1 is 1.19 bits per heavy atom. The molecule has 132 valence electrons. The maximum Gasteiger partial charge on any atom is 0.416 e. The minimum Gasteiger partial charge on any atom is -0.267 e. The summed E-state index contributed by atoms with van der Waals surface area (Å²) in [5, 5.41) is 10.1. The van der Waals surface area contributed by atoms with Gasteiger partial charge in [-0.1, -0.05) is 0 Å². The number of nitrogens with zero attached hydrogens (tertiary/aromatic N) is 3. The van der Waals surface area contributed by atoms with Crippen LogP contribution in [0.25, 0.3) is 21.0 Å². The highest BCUT2D eigenvalue weighted by Crippen LogP contribution is 2.33. The van der Waals surface area contributed by atoms with Crippen LogP contribution in [0.15, 0.2) is 33.8 Å². The fourth-order valence-electron chi connectivity index (χ4n) is 2.79. The number of halogens is 3. The second-order valence-electron chi connectivity index (χ2n) is 5.75. The standard InChI is InChI=1S/C16H11BF3N3OS2/c17-4-12-9-6-25-7-10(9)15(24)23(22-12)5-14-21-11-3-8(16(18,19)20)1-2-13(11)26-14/h1-3,6-7H,4-5,17H2. The zero-order valence-electron chi connectivity index (χ0n) is 13.5. The van der Waals surface area contributed by atoms with Crippen molar-refractivity contribution in [2.75, 3.05) is 0 Å². The molecule has 0 bridgehead atoms. The van der Waals surface area contributed by atoms with E-state index in [-0.39, 0.29) is 17.6 Å². The molecule has 3 aromatic heterocycles. The number of benzene rings is 1. The first-order valence-corrected chi connectivity index (χ1v) is 9.55. The highest BCUT2D eigenvalue weighted by atomic mass is 32.1. The summed E-state index contributed by atoms with van der Waals surface area (Å²) >= 11 is 2.71. The Morgan fingerprint density at radius 2 is 1.96 bits per heavy atom. The number of hydrogen-bond donors (Lipinski definition) is 0. The number of rotatable bonds is 3. The van der Waals surface area contributed by atoms with Crippen LogP contribution in [0.4, 0.5) is 13.2 Å². The summed E-state index contributed by atoms with van der Waals surface area (Å²) in [6, 6.07) is 3.49.